The van der Waals surface area contributed by atoms with Crippen molar-refractivity contribution in [2.45, 2.75) is 45.1 Å². The second-order valence-electron chi connectivity index (χ2n) is 8.27. The van der Waals surface area contributed by atoms with Gasteiger partial charge in [0.25, 0.3) is 11.8 Å². The summed E-state index contributed by atoms with van der Waals surface area (Å²) < 4.78 is 0. The van der Waals surface area contributed by atoms with Crippen LogP contribution in [0.1, 0.15) is 68.5 Å². The first-order valence-corrected chi connectivity index (χ1v) is 10.2. The van der Waals surface area contributed by atoms with Crippen LogP contribution in [0.2, 0.25) is 0 Å². The van der Waals surface area contributed by atoms with E-state index in [0.29, 0.717) is 30.5 Å². The molecule has 0 bridgehead atoms. The molecule has 7 nitrogen and oxygen atoms in total. The first-order valence-electron chi connectivity index (χ1n) is 10.2. The van der Waals surface area contributed by atoms with E-state index in [4.69, 9.17) is 0 Å². The average molecular weight is 417 g/mol. The van der Waals surface area contributed by atoms with Gasteiger partial charge in [0.1, 0.15) is 5.54 Å². The van der Waals surface area contributed by atoms with Gasteiger partial charge in [-0.25, -0.2) is 0 Å². The van der Waals surface area contributed by atoms with Gasteiger partial charge in [0.2, 0.25) is 5.91 Å². The van der Waals surface area contributed by atoms with Gasteiger partial charge in [-0.2, -0.15) is 0 Å². The van der Waals surface area contributed by atoms with E-state index in [1.54, 1.807) is 43.5 Å². The zero-order chi connectivity index (χ0) is 22.3. The number of nitrogens with one attached hydrogen (secondary N) is 1. The fraction of sp³-hybridized carbons (Fsp3) is 0.292. The highest BCUT2D eigenvalue weighted by atomic mass is 16.2. The van der Waals surface area contributed by atoms with Gasteiger partial charge in [-0.05, 0) is 62.9 Å². The molecule has 158 valence electrons. The number of allylic oxidation sites excluding steroid dienone is 1. The largest absolute Gasteiger partial charge is 0.328 e. The van der Waals surface area contributed by atoms with Crippen molar-refractivity contribution in [3.8, 4) is 0 Å². The maximum atomic E-state index is 13.1. The van der Waals surface area contributed by atoms with Crippen LogP contribution in [0.5, 0.6) is 0 Å². The number of pyridine rings is 1. The maximum absolute atomic E-state index is 13.1. The number of carbonyl (C=O) groups excluding carboxylic acids is 4. The van der Waals surface area contributed by atoms with Crippen molar-refractivity contribution in [1.82, 2.24) is 15.2 Å². The third-order valence-electron chi connectivity index (χ3n) is 6.01. The summed E-state index contributed by atoms with van der Waals surface area (Å²) in [7, 11) is 0. The van der Waals surface area contributed by atoms with Crippen molar-refractivity contribution in [1.29, 1.82) is 0 Å². The molecular weight excluding hydrogens is 394 g/mol. The van der Waals surface area contributed by atoms with E-state index in [9.17, 15) is 19.2 Å². The normalized spacial score (nSPS) is 20.6. The first-order chi connectivity index (χ1) is 14.7. The molecule has 31 heavy (non-hydrogen) atoms. The number of carbonyl (C=O) groups is 4. The molecule has 1 aromatic carbocycles. The van der Waals surface area contributed by atoms with E-state index in [-0.39, 0.29) is 23.3 Å². The predicted molar refractivity (Wildman–Crippen MR) is 113 cm³/mol. The van der Waals surface area contributed by atoms with Gasteiger partial charge in [0.15, 0.2) is 5.78 Å². The number of ketones is 1. The van der Waals surface area contributed by atoms with Crippen molar-refractivity contribution in [3.63, 3.8) is 0 Å². The highest BCUT2D eigenvalue weighted by molar-refractivity contribution is 6.23. The Morgan fingerprint density at radius 1 is 1.16 bits per heavy atom. The van der Waals surface area contributed by atoms with Gasteiger partial charge < -0.3 is 5.32 Å². The van der Waals surface area contributed by atoms with Crippen LogP contribution in [-0.2, 0) is 11.2 Å². The van der Waals surface area contributed by atoms with Gasteiger partial charge in [-0.1, -0.05) is 12.6 Å². The van der Waals surface area contributed by atoms with E-state index in [2.05, 4.69) is 16.9 Å². The fourth-order valence-electron chi connectivity index (χ4n) is 4.01. The smallest absolute Gasteiger partial charge is 0.262 e. The minimum Gasteiger partial charge on any atom is -0.328 e. The van der Waals surface area contributed by atoms with Gasteiger partial charge in [-0.3, -0.25) is 29.1 Å². The lowest BCUT2D eigenvalue weighted by molar-refractivity contribution is -0.131. The Hall–Kier alpha value is -3.61. The molecule has 0 aliphatic carbocycles. The number of aryl methyl sites for hydroxylation is 2. The van der Waals surface area contributed by atoms with Crippen LogP contribution < -0.4 is 5.32 Å². The molecule has 0 radical (unpaired) electrons. The standard InChI is InChI=1S/C24H23N3O4/c1-14-4-7-17(13-25-14)20(28)9-6-16-5-8-18-19(12-16)22(30)27(21(18)29)24(3)11-10-15(2)26-23(24)31/h4-5,7-8,12-13H,2,6,9-11H2,1,3H3,(H,26,31)/t24-/m0/s1. The Bertz CT molecular complexity index is 1140. The molecule has 2 aliphatic heterocycles. The van der Waals surface area contributed by atoms with E-state index < -0.39 is 23.3 Å². The van der Waals surface area contributed by atoms with Crippen molar-refractivity contribution in [3.05, 3.63) is 76.8 Å². The van der Waals surface area contributed by atoms with E-state index >= 15 is 0 Å². The summed E-state index contributed by atoms with van der Waals surface area (Å²) in [5.74, 6) is -1.40. The van der Waals surface area contributed by atoms with Crippen LogP contribution >= 0.6 is 0 Å². The molecule has 0 saturated carbocycles. The summed E-state index contributed by atoms with van der Waals surface area (Å²) >= 11 is 0. The Morgan fingerprint density at radius 2 is 1.90 bits per heavy atom. The second kappa shape index (κ2) is 7.58. The Balaban J connectivity index is 1.53. The zero-order valence-corrected chi connectivity index (χ0v) is 17.5. The van der Waals surface area contributed by atoms with Crippen molar-refractivity contribution in [2.24, 2.45) is 0 Å². The van der Waals surface area contributed by atoms with Crippen LogP contribution in [0.25, 0.3) is 0 Å². The number of amides is 3. The average Bonchev–Trinajstić information content (AvgIpc) is 3.00. The van der Waals surface area contributed by atoms with Crippen LogP contribution in [-0.4, -0.2) is 38.9 Å². The van der Waals surface area contributed by atoms with Gasteiger partial charge in [-0.15, -0.1) is 0 Å². The number of hydrogen-bond donors (Lipinski definition) is 1. The molecule has 2 aromatic rings. The summed E-state index contributed by atoms with van der Waals surface area (Å²) in [6.45, 7) is 7.21. The monoisotopic (exact) mass is 417 g/mol. The molecular formula is C24H23N3O4. The molecule has 1 N–H and O–H groups in total. The number of piperidine rings is 1. The highest BCUT2D eigenvalue weighted by Gasteiger charge is 2.51. The summed E-state index contributed by atoms with van der Waals surface area (Å²) in [5.41, 5.74) is 2.03. The number of hydrogen-bond acceptors (Lipinski definition) is 5. The molecule has 3 heterocycles. The highest BCUT2D eigenvalue weighted by Crippen LogP contribution is 2.35. The Kier molecular flexibility index (Phi) is 5.05. The SMILES string of the molecule is C=C1CC[C@](C)(N2C(=O)c3ccc(CCC(=O)c4ccc(C)nc4)cc3C2=O)C(=O)N1. The second-order valence-corrected chi connectivity index (χ2v) is 8.27. The van der Waals surface area contributed by atoms with Crippen LogP contribution in [0.4, 0.5) is 0 Å². The first kappa shape index (κ1) is 20.7. The minimum atomic E-state index is -1.26. The number of Topliss-reactive ketones (excluding diaryl/α,β-unsaturated/α-hetero) is 1. The molecule has 3 amide bonds. The molecule has 1 saturated heterocycles. The molecule has 1 fully saturated rings. The van der Waals surface area contributed by atoms with E-state index in [1.165, 1.54) is 0 Å². The molecule has 7 heteroatoms. The molecule has 4 rings (SSSR count). The third kappa shape index (κ3) is 3.56. The van der Waals surface area contributed by atoms with Crippen molar-refractivity contribution < 1.29 is 19.2 Å². The van der Waals surface area contributed by atoms with E-state index in [1.807, 2.05) is 6.92 Å². The summed E-state index contributed by atoms with van der Waals surface area (Å²) in [6, 6.07) is 8.54. The van der Waals surface area contributed by atoms with Crippen molar-refractivity contribution in [2.75, 3.05) is 0 Å². The lowest BCUT2D eigenvalue weighted by Gasteiger charge is -2.39. The molecule has 0 spiro atoms. The van der Waals surface area contributed by atoms with Crippen LogP contribution in [0.15, 0.2) is 48.8 Å². The number of fused-ring (bicyclic) bond motifs is 1. The molecule has 0 unspecified atom stereocenters. The lowest BCUT2D eigenvalue weighted by atomic mass is 9.88. The minimum absolute atomic E-state index is 0.0383. The van der Waals surface area contributed by atoms with E-state index in [0.717, 1.165) is 16.2 Å². The number of imide groups is 1. The number of rotatable bonds is 5. The molecule has 1 atom stereocenters. The quantitative estimate of drug-likeness (QED) is 0.596. The summed E-state index contributed by atoms with van der Waals surface area (Å²) in [6.07, 6.45) is 3.08. The zero-order valence-electron chi connectivity index (χ0n) is 17.5. The molecule has 1 aromatic heterocycles. The number of aromatic nitrogens is 1. The lowest BCUT2D eigenvalue weighted by Crippen LogP contribution is -2.60. The van der Waals surface area contributed by atoms with Gasteiger partial charge >= 0.3 is 0 Å². The number of nitrogens with zero attached hydrogens (tertiary/aromatic N) is 2. The summed E-state index contributed by atoms with van der Waals surface area (Å²) in [5, 5.41) is 2.66. The molecule has 2 aliphatic rings. The van der Waals surface area contributed by atoms with Gasteiger partial charge in [0, 0.05) is 29.6 Å². The Labute approximate surface area is 180 Å². The fourth-order valence-corrected chi connectivity index (χ4v) is 4.01. The maximum Gasteiger partial charge on any atom is 0.262 e. The third-order valence-corrected chi connectivity index (χ3v) is 6.01. The topological polar surface area (TPSA) is 96.4 Å². The van der Waals surface area contributed by atoms with Crippen LogP contribution in [0.3, 0.4) is 0 Å². The number of benzene rings is 1. The Morgan fingerprint density at radius 3 is 2.58 bits per heavy atom. The predicted octanol–water partition coefficient (Wildman–Crippen LogP) is 2.98. The van der Waals surface area contributed by atoms with Gasteiger partial charge in [0.05, 0.1) is 11.1 Å². The summed E-state index contributed by atoms with van der Waals surface area (Å²) in [4.78, 5) is 56.3. The van der Waals surface area contributed by atoms with Crippen molar-refractivity contribution >= 4 is 23.5 Å². The van der Waals surface area contributed by atoms with Crippen LogP contribution in [0, 0.1) is 6.92 Å².